The van der Waals surface area contributed by atoms with Gasteiger partial charge in [0.15, 0.2) is 0 Å². The number of rotatable bonds is 4. The van der Waals surface area contributed by atoms with Crippen LogP contribution in [0.25, 0.3) is 0 Å². The zero-order chi connectivity index (χ0) is 10.7. The summed E-state index contributed by atoms with van der Waals surface area (Å²) in [5, 5.41) is 37.0. The molecule has 5 nitrogen and oxygen atoms in total. The fourth-order valence-corrected chi connectivity index (χ4v) is 2.29. The van der Waals surface area contributed by atoms with E-state index in [2.05, 4.69) is 0 Å². The Bertz CT molecular complexity index is 177. The van der Waals surface area contributed by atoms with Gasteiger partial charge in [-0.25, -0.2) is 0 Å². The molecule has 5 atom stereocenters. The van der Waals surface area contributed by atoms with Crippen LogP contribution in [0, 0.1) is 0 Å². The maximum Gasteiger partial charge on any atom is 0.132 e. The molecule has 1 heterocycles. The van der Waals surface area contributed by atoms with E-state index in [0.717, 1.165) is 5.75 Å². The van der Waals surface area contributed by atoms with Gasteiger partial charge >= 0.3 is 0 Å². The molecule has 1 saturated heterocycles. The Hall–Kier alpha value is 0.150. The number of hydrogen-bond acceptors (Lipinski definition) is 6. The van der Waals surface area contributed by atoms with Gasteiger partial charge < -0.3 is 25.2 Å². The summed E-state index contributed by atoms with van der Waals surface area (Å²) >= 11 is 1.36. The average Bonchev–Trinajstić information content (AvgIpc) is 2.46. The van der Waals surface area contributed by atoms with Gasteiger partial charge in [0, 0.05) is 0 Å². The number of thioether (sulfide) groups is 1. The fraction of sp³-hybridized carbons (Fsp3) is 1.00. The maximum atomic E-state index is 9.51. The lowest BCUT2D eigenvalue weighted by molar-refractivity contribution is -0.0713. The van der Waals surface area contributed by atoms with Crippen molar-refractivity contribution < 1.29 is 25.2 Å². The van der Waals surface area contributed by atoms with Crippen LogP contribution in [0.15, 0.2) is 0 Å². The topological polar surface area (TPSA) is 90.2 Å². The molecule has 1 aliphatic heterocycles. The smallest absolute Gasteiger partial charge is 0.132 e. The van der Waals surface area contributed by atoms with Gasteiger partial charge in [0.25, 0.3) is 0 Å². The third kappa shape index (κ3) is 2.39. The molecule has 0 bridgehead atoms. The molecular formula is C8H16O5S. The number of hydrogen-bond donors (Lipinski definition) is 4. The minimum Gasteiger partial charge on any atom is -0.394 e. The molecule has 0 saturated carbocycles. The van der Waals surface area contributed by atoms with Crippen molar-refractivity contribution in [3.05, 3.63) is 0 Å². The fourth-order valence-electron chi connectivity index (χ4n) is 1.40. The second kappa shape index (κ2) is 5.29. The van der Waals surface area contributed by atoms with Crippen LogP contribution >= 0.6 is 11.8 Å². The SMILES string of the molecule is CCSC1OC(C(O)CO)C(O)C1O. The molecule has 1 rings (SSSR count). The zero-order valence-electron chi connectivity index (χ0n) is 7.91. The zero-order valence-corrected chi connectivity index (χ0v) is 8.72. The van der Waals surface area contributed by atoms with E-state index in [4.69, 9.17) is 9.84 Å². The van der Waals surface area contributed by atoms with E-state index in [0.29, 0.717) is 0 Å². The monoisotopic (exact) mass is 224 g/mol. The van der Waals surface area contributed by atoms with Crippen molar-refractivity contribution in [3.63, 3.8) is 0 Å². The Balaban J connectivity index is 2.57. The quantitative estimate of drug-likeness (QED) is 0.466. The first kappa shape index (κ1) is 12.2. The van der Waals surface area contributed by atoms with Crippen molar-refractivity contribution >= 4 is 11.8 Å². The molecule has 0 aromatic rings. The molecule has 4 N–H and O–H groups in total. The lowest BCUT2D eigenvalue weighted by atomic mass is 10.1. The van der Waals surface area contributed by atoms with E-state index in [1.807, 2.05) is 6.92 Å². The highest BCUT2D eigenvalue weighted by atomic mass is 32.2. The third-order valence-corrected chi connectivity index (χ3v) is 3.21. The maximum absolute atomic E-state index is 9.51. The van der Waals surface area contributed by atoms with Crippen molar-refractivity contribution in [2.24, 2.45) is 0 Å². The first-order chi connectivity index (χ1) is 6.61. The van der Waals surface area contributed by atoms with Crippen LogP contribution in [0.4, 0.5) is 0 Å². The summed E-state index contributed by atoms with van der Waals surface area (Å²) in [7, 11) is 0. The predicted molar refractivity (Wildman–Crippen MR) is 51.9 cm³/mol. The van der Waals surface area contributed by atoms with Crippen LogP contribution in [0.5, 0.6) is 0 Å². The van der Waals surface area contributed by atoms with E-state index < -0.39 is 36.5 Å². The molecule has 1 aliphatic rings. The molecule has 14 heavy (non-hydrogen) atoms. The van der Waals surface area contributed by atoms with Crippen LogP contribution in [0.1, 0.15) is 6.92 Å². The first-order valence-corrected chi connectivity index (χ1v) is 5.58. The summed E-state index contributed by atoms with van der Waals surface area (Å²) in [4.78, 5) is 0. The van der Waals surface area contributed by atoms with Crippen molar-refractivity contribution in [1.29, 1.82) is 0 Å². The van der Waals surface area contributed by atoms with E-state index in [9.17, 15) is 15.3 Å². The molecule has 0 spiro atoms. The Morgan fingerprint density at radius 3 is 2.50 bits per heavy atom. The van der Waals surface area contributed by atoms with Crippen LogP contribution < -0.4 is 0 Å². The minimum atomic E-state index is -1.15. The number of aliphatic hydroxyl groups excluding tert-OH is 4. The van der Waals surface area contributed by atoms with Gasteiger partial charge in [0.1, 0.15) is 29.9 Å². The van der Waals surface area contributed by atoms with Crippen LogP contribution in [-0.4, -0.2) is 62.6 Å². The third-order valence-electron chi connectivity index (χ3n) is 2.15. The van der Waals surface area contributed by atoms with E-state index in [-0.39, 0.29) is 0 Å². The minimum absolute atomic E-state index is 0.488. The lowest BCUT2D eigenvalue weighted by Gasteiger charge is -2.18. The van der Waals surface area contributed by atoms with Crippen molar-refractivity contribution in [2.45, 2.75) is 36.8 Å². The summed E-state index contributed by atoms with van der Waals surface area (Å²) in [5.41, 5.74) is -0.527. The van der Waals surface area contributed by atoms with Gasteiger partial charge in [-0.15, -0.1) is 11.8 Å². The Morgan fingerprint density at radius 1 is 1.36 bits per heavy atom. The first-order valence-electron chi connectivity index (χ1n) is 4.54. The summed E-state index contributed by atoms with van der Waals surface area (Å²) < 4.78 is 5.23. The predicted octanol–water partition coefficient (Wildman–Crippen LogP) is -1.46. The van der Waals surface area contributed by atoms with Gasteiger partial charge in [-0.1, -0.05) is 6.92 Å². The molecule has 0 radical (unpaired) electrons. The van der Waals surface area contributed by atoms with E-state index >= 15 is 0 Å². The van der Waals surface area contributed by atoms with E-state index in [1.165, 1.54) is 11.8 Å². The molecule has 84 valence electrons. The highest BCUT2D eigenvalue weighted by Gasteiger charge is 2.45. The molecule has 0 aromatic carbocycles. The average molecular weight is 224 g/mol. The van der Waals surface area contributed by atoms with Crippen LogP contribution in [-0.2, 0) is 4.74 Å². The lowest BCUT2D eigenvalue weighted by Crippen LogP contribution is -2.40. The van der Waals surface area contributed by atoms with Crippen molar-refractivity contribution in [3.8, 4) is 0 Å². The summed E-state index contributed by atoms with van der Waals surface area (Å²) in [5.74, 6) is 0.746. The summed E-state index contributed by atoms with van der Waals surface area (Å²) in [6, 6.07) is 0. The summed E-state index contributed by atoms with van der Waals surface area (Å²) in [6.07, 6.45) is -4.20. The second-order valence-electron chi connectivity index (χ2n) is 3.16. The number of ether oxygens (including phenoxy) is 1. The molecule has 0 aromatic heterocycles. The van der Waals surface area contributed by atoms with Crippen LogP contribution in [0.2, 0.25) is 0 Å². The molecule has 5 unspecified atom stereocenters. The van der Waals surface area contributed by atoms with Gasteiger partial charge in [0.05, 0.1) is 6.61 Å². The normalized spacial score (nSPS) is 40.1. The van der Waals surface area contributed by atoms with E-state index in [1.54, 1.807) is 0 Å². The Kier molecular flexibility index (Phi) is 4.62. The molecule has 0 aliphatic carbocycles. The largest absolute Gasteiger partial charge is 0.394 e. The van der Waals surface area contributed by atoms with Gasteiger partial charge in [0.2, 0.25) is 0 Å². The standard InChI is InChI=1S/C8H16O5S/c1-2-14-8-6(12)5(11)7(13-8)4(10)3-9/h4-12H,2-3H2,1H3. The highest BCUT2D eigenvalue weighted by molar-refractivity contribution is 7.99. The van der Waals surface area contributed by atoms with Crippen molar-refractivity contribution in [2.75, 3.05) is 12.4 Å². The van der Waals surface area contributed by atoms with Gasteiger partial charge in [-0.05, 0) is 5.75 Å². The molecule has 6 heteroatoms. The van der Waals surface area contributed by atoms with Gasteiger partial charge in [-0.3, -0.25) is 0 Å². The Morgan fingerprint density at radius 2 is 2.00 bits per heavy atom. The highest BCUT2D eigenvalue weighted by Crippen LogP contribution is 2.30. The molecule has 0 amide bonds. The van der Waals surface area contributed by atoms with Crippen molar-refractivity contribution in [1.82, 2.24) is 0 Å². The number of aliphatic hydroxyl groups is 4. The Labute approximate surface area is 86.7 Å². The summed E-state index contributed by atoms with van der Waals surface area (Å²) in [6.45, 7) is 1.42. The second-order valence-corrected chi connectivity index (χ2v) is 4.53. The van der Waals surface area contributed by atoms with Crippen LogP contribution in [0.3, 0.4) is 0 Å². The molecular weight excluding hydrogens is 208 g/mol. The van der Waals surface area contributed by atoms with Gasteiger partial charge in [-0.2, -0.15) is 0 Å². The molecule has 1 fully saturated rings.